The zero-order chi connectivity index (χ0) is 14.4. The molecule has 1 aromatic carbocycles. The molecule has 0 aliphatic carbocycles. The maximum Gasteiger partial charge on any atom is 0.256 e. The number of carbonyl (C=O) groups is 1. The lowest BCUT2D eigenvalue weighted by atomic mass is 10.1. The number of nitrogens with one attached hydrogen (secondary N) is 1. The average molecular weight is 340 g/mol. The third kappa shape index (κ3) is 1.97. The Morgan fingerprint density at radius 1 is 1.24 bits per heavy atom. The van der Waals surface area contributed by atoms with Gasteiger partial charge in [-0.05, 0) is 30.3 Å². The number of benzene rings is 1. The number of carbonyl (C=O) groups excluding carboxylic acids is 1. The Balaban J connectivity index is 1.91. The van der Waals surface area contributed by atoms with Crippen molar-refractivity contribution in [3.63, 3.8) is 0 Å². The van der Waals surface area contributed by atoms with Crippen molar-refractivity contribution in [1.29, 1.82) is 0 Å². The number of rotatable bonds is 1. The fourth-order valence-corrected chi connectivity index (χ4v) is 2.91. The molecule has 0 saturated heterocycles. The molecule has 3 aromatic rings. The van der Waals surface area contributed by atoms with Crippen molar-refractivity contribution in [1.82, 2.24) is 9.38 Å². The van der Waals surface area contributed by atoms with Crippen LogP contribution in [-0.4, -0.2) is 15.3 Å². The van der Waals surface area contributed by atoms with Gasteiger partial charge in [-0.15, -0.1) is 0 Å². The van der Waals surface area contributed by atoms with E-state index in [4.69, 9.17) is 0 Å². The molecule has 5 heteroatoms. The Morgan fingerprint density at radius 3 is 3.05 bits per heavy atom. The Kier molecular flexibility index (Phi) is 2.68. The van der Waals surface area contributed by atoms with Gasteiger partial charge >= 0.3 is 0 Å². The molecule has 21 heavy (non-hydrogen) atoms. The number of halogens is 1. The monoisotopic (exact) mass is 339 g/mol. The minimum atomic E-state index is -0.0831. The Labute approximate surface area is 129 Å². The standard InChI is InChI=1S/C16H10BrN3O/c17-10-4-5-12-13(16(21)19-14(12)8-10)9-11-2-1-3-15-18-6-7-20(11)15/h1-9H,(H,19,21)/b13-9-. The minimum Gasteiger partial charge on any atom is -0.321 e. The highest BCUT2D eigenvalue weighted by Gasteiger charge is 2.24. The molecule has 1 aliphatic rings. The van der Waals surface area contributed by atoms with Crippen molar-refractivity contribution in [2.45, 2.75) is 0 Å². The van der Waals surface area contributed by atoms with Crippen LogP contribution in [0.2, 0.25) is 0 Å². The highest BCUT2D eigenvalue weighted by molar-refractivity contribution is 9.10. The molecule has 2 aromatic heterocycles. The van der Waals surface area contributed by atoms with E-state index in [2.05, 4.69) is 26.2 Å². The van der Waals surface area contributed by atoms with Gasteiger partial charge in [0.2, 0.25) is 0 Å². The number of amides is 1. The molecular weight excluding hydrogens is 330 g/mol. The summed E-state index contributed by atoms with van der Waals surface area (Å²) in [5.74, 6) is -0.0831. The van der Waals surface area contributed by atoms with Gasteiger partial charge in [-0.2, -0.15) is 0 Å². The minimum absolute atomic E-state index is 0.0831. The zero-order valence-electron chi connectivity index (χ0n) is 10.9. The molecule has 1 N–H and O–H groups in total. The molecule has 0 atom stereocenters. The second-order valence-electron chi connectivity index (χ2n) is 4.81. The number of anilines is 1. The quantitative estimate of drug-likeness (QED) is 0.688. The van der Waals surface area contributed by atoms with Gasteiger partial charge in [-0.3, -0.25) is 4.79 Å². The molecule has 1 aliphatic heterocycles. The van der Waals surface area contributed by atoms with E-state index in [0.717, 1.165) is 27.1 Å². The van der Waals surface area contributed by atoms with Gasteiger partial charge in [-0.1, -0.05) is 28.1 Å². The number of nitrogens with zero attached hydrogens (tertiary/aromatic N) is 2. The van der Waals surface area contributed by atoms with Crippen molar-refractivity contribution >= 4 is 44.8 Å². The second kappa shape index (κ2) is 4.56. The molecule has 0 radical (unpaired) electrons. The molecule has 0 spiro atoms. The predicted molar refractivity (Wildman–Crippen MR) is 85.8 cm³/mol. The number of aromatic nitrogens is 2. The lowest BCUT2D eigenvalue weighted by Crippen LogP contribution is -2.04. The first-order chi connectivity index (χ1) is 10.2. The van der Waals surface area contributed by atoms with Gasteiger partial charge in [0.15, 0.2) is 0 Å². The first-order valence-corrected chi connectivity index (χ1v) is 7.27. The Morgan fingerprint density at radius 2 is 2.14 bits per heavy atom. The summed E-state index contributed by atoms with van der Waals surface area (Å²) < 4.78 is 2.90. The smallest absolute Gasteiger partial charge is 0.256 e. The number of fused-ring (bicyclic) bond motifs is 2. The highest BCUT2D eigenvalue weighted by atomic mass is 79.9. The van der Waals surface area contributed by atoms with Crippen molar-refractivity contribution in [3.05, 3.63) is 64.5 Å². The summed E-state index contributed by atoms with van der Waals surface area (Å²) in [6, 6.07) is 11.6. The van der Waals surface area contributed by atoms with Gasteiger partial charge < -0.3 is 9.72 Å². The van der Waals surface area contributed by atoms with Crippen LogP contribution in [-0.2, 0) is 4.79 Å². The Hall–Kier alpha value is -2.40. The van der Waals surface area contributed by atoms with E-state index in [-0.39, 0.29) is 5.91 Å². The van der Waals surface area contributed by atoms with E-state index in [1.54, 1.807) is 6.20 Å². The molecule has 0 fully saturated rings. The predicted octanol–water partition coefficient (Wildman–Crippen LogP) is 3.59. The first kappa shape index (κ1) is 12.3. The number of imidazole rings is 1. The summed E-state index contributed by atoms with van der Waals surface area (Å²) in [6.45, 7) is 0. The van der Waals surface area contributed by atoms with Gasteiger partial charge in [0.25, 0.3) is 5.91 Å². The lowest BCUT2D eigenvalue weighted by Gasteiger charge is -2.02. The third-order valence-corrected chi connectivity index (χ3v) is 4.01. The van der Waals surface area contributed by atoms with E-state index in [0.29, 0.717) is 5.57 Å². The summed E-state index contributed by atoms with van der Waals surface area (Å²) in [5, 5.41) is 2.89. The van der Waals surface area contributed by atoms with Crippen LogP contribution >= 0.6 is 15.9 Å². The van der Waals surface area contributed by atoms with Crippen molar-refractivity contribution in [2.75, 3.05) is 5.32 Å². The average Bonchev–Trinajstić information content (AvgIpc) is 3.04. The summed E-state index contributed by atoms with van der Waals surface area (Å²) >= 11 is 3.42. The van der Waals surface area contributed by atoms with E-state index >= 15 is 0 Å². The molecule has 102 valence electrons. The molecule has 1 amide bonds. The van der Waals surface area contributed by atoms with Crippen LogP contribution in [0.1, 0.15) is 11.3 Å². The van der Waals surface area contributed by atoms with E-state index in [1.807, 2.05) is 53.1 Å². The fraction of sp³-hybridized carbons (Fsp3) is 0. The highest BCUT2D eigenvalue weighted by Crippen LogP contribution is 2.34. The SMILES string of the molecule is O=C1Nc2cc(Br)ccc2/C1=C/c1cccc2nccn12. The van der Waals surface area contributed by atoms with Crippen LogP contribution in [0.5, 0.6) is 0 Å². The third-order valence-electron chi connectivity index (χ3n) is 3.52. The van der Waals surface area contributed by atoms with Crippen molar-refractivity contribution < 1.29 is 4.79 Å². The molecule has 4 nitrogen and oxygen atoms in total. The second-order valence-corrected chi connectivity index (χ2v) is 5.72. The fourth-order valence-electron chi connectivity index (χ4n) is 2.55. The van der Waals surface area contributed by atoms with Crippen LogP contribution in [0.4, 0.5) is 5.69 Å². The first-order valence-electron chi connectivity index (χ1n) is 6.47. The van der Waals surface area contributed by atoms with Gasteiger partial charge in [0.1, 0.15) is 5.65 Å². The largest absolute Gasteiger partial charge is 0.321 e. The van der Waals surface area contributed by atoms with Crippen LogP contribution < -0.4 is 5.32 Å². The van der Waals surface area contributed by atoms with E-state index < -0.39 is 0 Å². The van der Waals surface area contributed by atoms with E-state index in [9.17, 15) is 4.79 Å². The maximum absolute atomic E-state index is 12.2. The number of hydrogen-bond donors (Lipinski definition) is 1. The molecular formula is C16H10BrN3O. The van der Waals surface area contributed by atoms with Crippen LogP contribution in [0.15, 0.2) is 53.3 Å². The summed E-state index contributed by atoms with van der Waals surface area (Å²) in [6.07, 6.45) is 5.53. The summed E-state index contributed by atoms with van der Waals surface area (Å²) in [5.41, 5.74) is 4.20. The normalized spacial score (nSPS) is 15.5. The van der Waals surface area contributed by atoms with Crippen LogP contribution in [0.25, 0.3) is 17.3 Å². The molecule has 0 bridgehead atoms. The topological polar surface area (TPSA) is 46.4 Å². The van der Waals surface area contributed by atoms with Crippen molar-refractivity contribution in [2.24, 2.45) is 0 Å². The zero-order valence-corrected chi connectivity index (χ0v) is 12.5. The van der Waals surface area contributed by atoms with Crippen LogP contribution in [0.3, 0.4) is 0 Å². The number of hydrogen-bond acceptors (Lipinski definition) is 2. The van der Waals surface area contributed by atoms with Crippen LogP contribution in [0, 0.1) is 0 Å². The van der Waals surface area contributed by atoms with Crippen molar-refractivity contribution in [3.8, 4) is 0 Å². The summed E-state index contributed by atoms with van der Waals surface area (Å²) in [7, 11) is 0. The van der Waals surface area contributed by atoms with Gasteiger partial charge in [0, 0.05) is 28.1 Å². The Bertz CT molecular complexity index is 911. The van der Waals surface area contributed by atoms with E-state index in [1.165, 1.54) is 0 Å². The maximum atomic E-state index is 12.2. The molecule has 0 unspecified atom stereocenters. The molecule has 3 heterocycles. The molecule has 4 rings (SSSR count). The van der Waals surface area contributed by atoms with Gasteiger partial charge in [-0.25, -0.2) is 4.98 Å². The lowest BCUT2D eigenvalue weighted by molar-refractivity contribution is -0.110. The van der Waals surface area contributed by atoms with Gasteiger partial charge in [0.05, 0.1) is 11.3 Å². The number of pyridine rings is 1. The molecule has 0 saturated carbocycles. The summed E-state index contributed by atoms with van der Waals surface area (Å²) in [4.78, 5) is 16.5.